The Morgan fingerprint density at radius 1 is 0.909 bits per heavy atom. The van der Waals surface area contributed by atoms with E-state index in [0.717, 1.165) is 29.1 Å². The van der Waals surface area contributed by atoms with Crippen molar-refractivity contribution in [3.8, 4) is 11.5 Å². The van der Waals surface area contributed by atoms with Gasteiger partial charge in [-0.15, -0.1) is 11.8 Å². The molecule has 0 N–H and O–H groups in total. The monoisotopic (exact) mass is 459 g/mol. The predicted octanol–water partition coefficient (Wildman–Crippen LogP) is 6.35. The summed E-state index contributed by atoms with van der Waals surface area (Å²) in [5, 5.41) is 0. The largest absolute Gasteiger partial charge is 0.475 e. The fourth-order valence-electron chi connectivity index (χ4n) is 3.87. The molecule has 1 unspecified atom stereocenters. The van der Waals surface area contributed by atoms with Gasteiger partial charge in [0, 0.05) is 17.6 Å². The molecule has 0 fully saturated rings. The number of esters is 1. The first-order valence-corrected chi connectivity index (χ1v) is 12.1. The van der Waals surface area contributed by atoms with Crippen LogP contribution in [0.4, 0.5) is 0 Å². The fraction of sp³-hybridized carbons (Fsp3) is 0.250. The highest BCUT2D eigenvalue weighted by molar-refractivity contribution is 7.99. The van der Waals surface area contributed by atoms with Gasteiger partial charge in [-0.3, -0.25) is 9.69 Å². The Morgan fingerprint density at radius 2 is 1.52 bits per heavy atom. The molecule has 0 aromatic heterocycles. The van der Waals surface area contributed by atoms with Gasteiger partial charge < -0.3 is 9.47 Å². The van der Waals surface area contributed by atoms with Crippen LogP contribution < -0.4 is 9.47 Å². The normalized spacial score (nSPS) is 15.5. The summed E-state index contributed by atoms with van der Waals surface area (Å²) < 4.78 is 11.3. The third kappa shape index (κ3) is 5.49. The third-order valence-electron chi connectivity index (χ3n) is 5.71. The van der Waals surface area contributed by atoms with Crippen LogP contribution in [-0.4, -0.2) is 36.9 Å². The van der Waals surface area contributed by atoms with Gasteiger partial charge in [0.2, 0.25) is 0 Å². The molecule has 3 aromatic carbocycles. The van der Waals surface area contributed by atoms with Crippen molar-refractivity contribution in [1.82, 2.24) is 4.90 Å². The summed E-state index contributed by atoms with van der Waals surface area (Å²) >= 11 is 1.91. The fourth-order valence-corrected chi connectivity index (χ4v) is 4.92. The molecule has 0 saturated carbocycles. The molecule has 0 spiro atoms. The number of thioether (sulfide) groups is 1. The highest BCUT2D eigenvalue weighted by Gasteiger charge is 2.20. The molecule has 1 aliphatic heterocycles. The standard InChI is InChI=1S/C28H29NO3S/c1-19(29(3)4)31-23-13-9-21(10-14-23)28(22-11-15-24(16-12-22)32-20(2)30)26-17-18-33-27-8-6-5-7-25(26)27/h5-16,19H,17-18H2,1-4H3. The molecule has 1 atom stereocenters. The van der Waals surface area contributed by atoms with Crippen LogP contribution in [0.25, 0.3) is 11.1 Å². The molecule has 5 heteroatoms. The lowest BCUT2D eigenvalue weighted by molar-refractivity contribution is -0.131. The van der Waals surface area contributed by atoms with E-state index in [9.17, 15) is 4.79 Å². The van der Waals surface area contributed by atoms with Crippen LogP contribution in [0.1, 0.15) is 37.0 Å². The highest BCUT2D eigenvalue weighted by Crippen LogP contribution is 2.43. The van der Waals surface area contributed by atoms with Crippen molar-refractivity contribution in [2.24, 2.45) is 0 Å². The van der Waals surface area contributed by atoms with E-state index >= 15 is 0 Å². The van der Waals surface area contributed by atoms with E-state index in [1.165, 1.54) is 28.5 Å². The third-order valence-corrected chi connectivity index (χ3v) is 6.78. The second-order valence-corrected chi connectivity index (χ2v) is 9.41. The van der Waals surface area contributed by atoms with Crippen LogP contribution in [-0.2, 0) is 4.79 Å². The van der Waals surface area contributed by atoms with Crippen LogP contribution in [0.5, 0.6) is 11.5 Å². The van der Waals surface area contributed by atoms with Gasteiger partial charge >= 0.3 is 5.97 Å². The smallest absolute Gasteiger partial charge is 0.308 e. The molecule has 33 heavy (non-hydrogen) atoms. The minimum atomic E-state index is -0.317. The van der Waals surface area contributed by atoms with E-state index in [1.807, 2.05) is 74.1 Å². The average Bonchev–Trinajstić information content (AvgIpc) is 2.81. The van der Waals surface area contributed by atoms with Crippen LogP contribution in [0.2, 0.25) is 0 Å². The van der Waals surface area contributed by atoms with Gasteiger partial charge in [0.15, 0.2) is 0 Å². The molecule has 1 heterocycles. The Hall–Kier alpha value is -3.02. The Labute approximate surface area is 200 Å². The van der Waals surface area contributed by atoms with Crippen LogP contribution in [0, 0.1) is 0 Å². The maximum atomic E-state index is 11.3. The van der Waals surface area contributed by atoms with E-state index in [2.05, 4.69) is 36.4 Å². The van der Waals surface area contributed by atoms with Gasteiger partial charge in [-0.05, 0) is 85.6 Å². The van der Waals surface area contributed by atoms with Crippen molar-refractivity contribution < 1.29 is 14.3 Å². The number of rotatable bonds is 6. The predicted molar refractivity (Wildman–Crippen MR) is 136 cm³/mol. The molecule has 0 bridgehead atoms. The van der Waals surface area contributed by atoms with Crippen molar-refractivity contribution in [1.29, 1.82) is 0 Å². The summed E-state index contributed by atoms with van der Waals surface area (Å²) in [6.45, 7) is 3.45. The molecular formula is C28H29NO3S. The number of carbonyl (C=O) groups excluding carboxylic acids is 1. The molecule has 3 aromatic rings. The maximum Gasteiger partial charge on any atom is 0.308 e. The number of carbonyl (C=O) groups is 1. The van der Waals surface area contributed by atoms with Crippen LogP contribution in [0.3, 0.4) is 0 Å². The zero-order chi connectivity index (χ0) is 23.4. The summed E-state index contributed by atoms with van der Waals surface area (Å²) in [5.41, 5.74) is 6.05. The summed E-state index contributed by atoms with van der Waals surface area (Å²) in [4.78, 5) is 14.7. The molecule has 0 saturated heterocycles. The number of benzene rings is 3. The number of nitrogens with zero attached hydrogens (tertiary/aromatic N) is 1. The zero-order valence-electron chi connectivity index (χ0n) is 19.5. The second-order valence-electron chi connectivity index (χ2n) is 8.27. The van der Waals surface area contributed by atoms with Gasteiger partial charge in [0.1, 0.15) is 17.7 Å². The first kappa shape index (κ1) is 23.1. The molecular weight excluding hydrogens is 430 g/mol. The Kier molecular flexibility index (Phi) is 7.21. The van der Waals surface area contributed by atoms with Crippen molar-refractivity contribution in [2.45, 2.75) is 31.4 Å². The number of fused-ring (bicyclic) bond motifs is 1. The molecule has 4 rings (SSSR count). The lowest BCUT2D eigenvalue weighted by Gasteiger charge is -2.24. The summed E-state index contributed by atoms with van der Waals surface area (Å²) in [5.74, 6) is 2.12. The first-order valence-electron chi connectivity index (χ1n) is 11.1. The molecule has 4 nitrogen and oxygen atoms in total. The van der Waals surface area contributed by atoms with Crippen molar-refractivity contribution in [2.75, 3.05) is 19.8 Å². The molecule has 170 valence electrons. The van der Waals surface area contributed by atoms with Crippen LogP contribution in [0.15, 0.2) is 77.7 Å². The Balaban J connectivity index is 1.79. The quantitative estimate of drug-likeness (QED) is 0.244. The summed E-state index contributed by atoms with van der Waals surface area (Å²) in [6, 6.07) is 24.7. The molecule has 0 amide bonds. The van der Waals surface area contributed by atoms with E-state index < -0.39 is 0 Å². The Bertz CT molecular complexity index is 1150. The maximum absolute atomic E-state index is 11.3. The SMILES string of the molecule is CC(=O)Oc1ccc(C(=C2CCSc3ccccc32)c2ccc(OC(C)N(C)C)cc2)cc1. The van der Waals surface area contributed by atoms with Gasteiger partial charge in [0.05, 0.1) is 0 Å². The van der Waals surface area contributed by atoms with E-state index in [4.69, 9.17) is 9.47 Å². The summed E-state index contributed by atoms with van der Waals surface area (Å²) in [6.07, 6.45) is 0.975. The lowest BCUT2D eigenvalue weighted by Crippen LogP contribution is -2.30. The lowest BCUT2D eigenvalue weighted by atomic mass is 9.88. The molecule has 1 aliphatic rings. The summed E-state index contributed by atoms with van der Waals surface area (Å²) in [7, 11) is 4.00. The highest BCUT2D eigenvalue weighted by atomic mass is 32.2. The number of ether oxygens (including phenoxy) is 2. The van der Waals surface area contributed by atoms with Crippen molar-refractivity contribution in [3.05, 3.63) is 89.5 Å². The zero-order valence-corrected chi connectivity index (χ0v) is 20.3. The van der Waals surface area contributed by atoms with E-state index in [0.29, 0.717) is 5.75 Å². The van der Waals surface area contributed by atoms with Gasteiger partial charge in [-0.25, -0.2) is 0 Å². The van der Waals surface area contributed by atoms with Crippen molar-refractivity contribution >= 4 is 28.9 Å². The number of hydrogen-bond acceptors (Lipinski definition) is 5. The van der Waals surface area contributed by atoms with E-state index in [-0.39, 0.29) is 12.2 Å². The van der Waals surface area contributed by atoms with Gasteiger partial charge in [-0.2, -0.15) is 0 Å². The van der Waals surface area contributed by atoms with Crippen molar-refractivity contribution in [3.63, 3.8) is 0 Å². The average molecular weight is 460 g/mol. The minimum absolute atomic E-state index is 0.00950. The molecule has 0 radical (unpaired) electrons. The topological polar surface area (TPSA) is 38.8 Å². The van der Waals surface area contributed by atoms with Gasteiger partial charge in [0.25, 0.3) is 0 Å². The number of hydrogen-bond donors (Lipinski definition) is 0. The molecule has 0 aliphatic carbocycles. The minimum Gasteiger partial charge on any atom is -0.475 e. The van der Waals surface area contributed by atoms with Crippen LogP contribution >= 0.6 is 11.8 Å². The van der Waals surface area contributed by atoms with E-state index in [1.54, 1.807) is 0 Å². The number of allylic oxidation sites excluding steroid dienone is 1. The first-order chi connectivity index (χ1) is 15.9. The Morgan fingerprint density at radius 3 is 2.12 bits per heavy atom. The van der Waals surface area contributed by atoms with Gasteiger partial charge in [-0.1, -0.05) is 42.5 Å². The second kappa shape index (κ2) is 10.3.